The van der Waals surface area contributed by atoms with Gasteiger partial charge in [0.25, 0.3) is 0 Å². The molecule has 4 heteroatoms. The van der Waals surface area contributed by atoms with Crippen molar-refractivity contribution in [2.75, 3.05) is 5.73 Å². The summed E-state index contributed by atoms with van der Waals surface area (Å²) in [6.45, 7) is 0. The lowest BCUT2D eigenvalue weighted by atomic mass is 9.98. The molecule has 2 aromatic heterocycles. The molecule has 2 heterocycles. The van der Waals surface area contributed by atoms with E-state index in [1.54, 1.807) is 6.20 Å². The first-order chi connectivity index (χ1) is 8.84. The molecule has 0 atom stereocenters. The molecule has 3 rings (SSSR count). The van der Waals surface area contributed by atoms with Crippen molar-refractivity contribution in [3.63, 3.8) is 0 Å². The van der Waals surface area contributed by atoms with Crippen molar-refractivity contribution >= 4 is 5.88 Å². The molecule has 0 saturated heterocycles. The maximum atomic E-state index is 5.88. The zero-order valence-electron chi connectivity index (χ0n) is 10.3. The Bertz CT molecular complexity index is 515. The van der Waals surface area contributed by atoms with Crippen LogP contribution in [0.4, 0.5) is 5.88 Å². The van der Waals surface area contributed by atoms with Gasteiger partial charge in [0.15, 0.2) is 0 Å². The van der Waals surface area contributed by atoms with Gasteiger partial charge in [-0.15, -0.1) is 0 Å². The van der Waals surface area contributed by atoms with Gasteiger partial charge in [0, 0.05) is 6.20 Å². The number of anilines is 1. The molecule has 0 spiro atoms. The summed E-state index contributed by atoms with van der Waals surface area (Å²) in [7, 11) is 0. The smallest absolute Gasteiger partial charge is 0.231 e. The second-order valence-electron chi connectivity index (χ2n) is 4.94. The molecular weight excluding hydrogens is 226 g/mol. The van der Waals surface area contributed by atoms with Gasteiger partial charge >= 0.3 is 0 Å². The van der Waals surface area contributed by atoms with Gasteiger partial charge in [-0.1, -0.05) is 36.9 Å². The normalized spacial score (nSPS) is 16.2. The lowest BCUT2D eigenvalue weighted by Gasteiger charge is -2.07. The first-order valence-electron chi connectivity index (χ1n) is 6.50. The molecule has 0 bridgehead atoms. The second-order valence-corrected chi connectivity index (χ2v) is 4.94. The summed E-state index contributed by atoms with van der Waals surface area (Å²) in [6, 6.07) is 5.79. The molecule has 0 unspecified atom stereocenters. The third kappa shape index (κ3) is 2.10. The fraction of sp³-hybridized carbons (Fsp3) is 0.429. The molecule has 2 aromatic rings. The zero-order chi connectivity index (χ0) is 12.4. The molecule has 0 radical (unpaired) electrons. The molecule has 4 nitrogen and oxygen atoms in total. The molecule has 0 aromatic carbocycles. The van der Waals surface area contributed by atoms with E-state index in [2.05, 4.69) is 10.1 Å². The van der Waals surface area contributed by atoms with Crippen molar-refractivity contribution < 1.29 is 4.52 Å². The number of hydrogen-bond donors (Lipinski definition) is 1. The van der Waals surface area contributed by atoms with E-state index in [9.17, 15) is 0 Å². The summed E-state index contributed by atoms with van der Waals surface area (Å²) in [5.74, 6) is 1.10. The van der Waals surface area contributed by atoms with Crippen LogP contribution in [0, 0.1) is 5.92 Å². The monoisotopic (exact) mass is 243 g/mol. The fourth-order valence-electron chi connectivity index (χ4n) is 2.75. The first-order valence-corrected chi connectivity index (χ1v) is 6.50. The van der Waals surface area contributed by atoms with E-state index < -0.39 is 0 Å². The summed E-state index contributed by atoms with van der Waals surface area (Å²) in [5.41, 5.74) is 8.56. The minimum Gasteiger partial charge on any atom is -0.367 e. The second kappa shape index (κ2) is 4.80. The number of nitrogens with zero attached hydrogens (tertiary/aromatic N) is 2. The van der Waals surface area contributed by atoms with Crippen LogP contribution in [0.25, 0.3) is 11.3 Å². The zero-order valence-corrected chi connectivity index (χ0v) is 10.3. The van der Waals surface area contributed by atoms with Gasteiger partial charge in [-0.05, 0) is 24.5 Å². The average molecular weight is 243 g/mol. The fourth-order valence-corrected chi connectivity index (χ4v) is 2.75. The Balaban J connectivity index is 1.91. The number of nitrogens with two attached hydrogens (primary N) is 1. The Morgan fingerprint density at radius 2 is 2.11 bits per heavy atom. The highest BCUT2D eigenvalue weighted by Crippen LogP contribution is 2.33. The summed E-state index contributed by atoms with van der Waals surface area (Å²) >= 11 is 0. The van der Waals surface area contributed by atoms with Crippen molar-refractivity contribution in [3.05, 3.63) is 30.1 Å². The third-order valence-electron chi connectivity index (χ3n) is 3.67. The van der Waals surface area contributed by atoms with Crippen LogP contribution >= 0.6 is 0 Å². The summed E-state index contributed by atoms with van der Waals surface area (Å²) in [4.78, 5) is 4.34. The van der Waals surface area contributed by atoms with Crippen LogP contribution in [0.5, 0.6) is 0 Å². The maximum absolute atomic E-state index is 5.88. The number of hydrogen-bond acceptors (Lipinski definition) is 4. The number of pyridine rings is 1. The highest BCUT2D eigenvalue weighted by atomic mass is 16.5. The van der Waals surface area contributed by atoms with E-state index in [-0.39, 0.29) is 0 Å². The van der Waals surface area contributed by atoms with E-state index in [1.165, 1.54) is 25.7 Å². The first kappa shape index (κ1) is 11.3. The van der Waals surface area contributed by atoms with Crippen LogP contribution in [-0.2, 0) is 6.42 Å². The molecule has 0 amide bonds. The lowest BCUT2D eigenvalue weighted by molar-refractivity contribution is 0.417. The van der Waals surface area contributed by atoms with Crippen molar-refractivity contribution in [2.24, 2.45) is 5.92 Å². The van der Waals surface area contributed by atoms with Gasteiger partial charge in [-0.2, -0.15) is 0 Å². The summed E-state index contributed by atoms with van der Waals surface area (Å²) < 4.78 is 5.15. The van der Waals surface area contributed by atoms with Gasteiger partial charge in [0.05, 0.1) is 17.0 Å². The largest absolute Gasteiger partial charge is 0.367 e. The standard InChI is InChI=1S/C14H17N3O/c15-14-13(11-7-3-4-8-16-11)12(17-18-14)9-10-5-1-2-6-10/h3-4,7-8,10H,1-2,5-6,9,15H2. The Kier molecular flexibility index (Phi) is 3.00. The van der Waals surface area contributed by atoms with E-state index in [0.717, 1.165) is 29.3 Å². The Labute approximate surface area is 106 Å². The number of aromatic nitrogens is 2. The predicted molar refractivity (Wildman–Crippen MR) is 69.8 cm³/mol. The van der Waals surface area contributed by atoms with E-state index in [1.807, 2.05) is 18.2 Å². The summed E-state index contributed by atoms with van der Waals surface area (Å²) in [5, 5.41) is 4.12. The van der Waals surface area contributed by atoms with Crippen LogP contribution in [0.2, 0.25) is 0 Å². The maximum Gasteiger partial charge on any atom is 0.231 e. The Morgan fingerprint density at radius 1 is 1.28 bits per heavy atom. The molecule has 18 heavy (non-hydrogen) atoms. The SMILES string of the molecule is Nc1onc(CC2CCCC2)c1-c1ccccn1. The summed E-state index contributed by atoms with van der Waals surface area (Å²) in [6.07, 6.45) is 7.95. The minimum atomic E-state index is 0.377. The van der Waals surface area contributed by atoms with Crippen LogP contribution in [0.1, 0.15) is 31.4 Å². The van der Waals surface area contributed by atoms with Crippen LogP contribution < -0.4 is 5.73 Å². The molecule has 1 saturated carbocycles. The van der Waals surface area contributed by atoms with Crippen LogP contribution in [-0.4, -0.2) is 10.1 Å². The number of nitrogen functional groups attached to an aromatic ring is 1. The van der Waals surface area contributed by atoms with Gasteiger partial charge in [-0.25, -0.2) is 0 Å². The number of rotatable bonds is 3. The van der Waals surface area contributed by atoms with Gasteiger partial charge < -0.3 is 10.3 Å². The molecule has 94 valence electrons. The third-order valence-corrected chi connectivity index (χ3v) is 3.67. The van der Waals surface area contributed by atoms with Crippen LogP contribution in [0.3, 0.4) is 0 Å². The van der Waals surface area contributed by atoms with Crippen molar-refractivity contribution in [1.29, 1.82) is 0 Å². The van der Waals surface area contributed by atoms with Crippen molar-refractivity contribution in [2.45, 2.75) is 32.1 Å². The molecular formula is C14H17N3O. The molecule has 0 aliphatic heterocycles. The minimum absolute atomic E-state index is 0.377. The van der Waals surface area contributed by atoms with Gasteiger partial charge in [-0.3, -0.25) is 4.98 Å². The lowest BCUT2D eigenvalue weighted by Crippen LogP contribution is -2.01. The Hall–Kier alpha value is -1.84. The van der Waals surface area contributed by atoms with E-state index >= 15 is 0 Å². The Morgan fingerprint density at radius 3 is 2.83 bits per heavy atom. The molecule has 1 fully saturated rings. The van der Waals surface area contributed by atoms with Crippen LogP contribution in [0.15, 0.2) is 28.9 Å². The molecule has 2 N–H and O–H groups in total. The molecule has 1 aliphatic carbocycles. The highest BCUT2D eigenvalue weighted by molar-refractivity contribution is 5.71. The highest BCUT2D eigenvalue weighted by Gasteiger charge is 2.22. The average Bonchev–Trinajstić information content (AvgIpc) is 3.02. The topological polar surface area (TPSA) is 64.9 Å². The van der Waals surface area contributed by atoms with Crippen molar-refractivity contribution in [1.82, 2.24) is 10.1 Å². The van der Waals surface area contributed by atoms with Gasteiger partial charge in [0.2, 0.25) is 5.88 Å². The van der Waals surface area contributed by atoms with Crippen molar-refractivity contribution in [3.8, 4) is 11.3 Å². The van der Waals surface area contributed by atoms with E-state index in [4.69, 9.17) is 10.3 Å². The van der Waals surface area contributed by atoms with E-state index in [0.29, 0.717) is 5.88 Å². The molecule has 1 aliphatic rings. The predicted octanol–water partition coefficient (Wildman–Crippen LogP) is 3.05. The van der Waals surface area contributed by atoms with Gasteiger partial charge in [0.1, 0.15) is 0 Å². The quantitative estimate of drug-likeness (QED) is 0.899.